The first-order valence-corrected chi connectivity index (χ1v) is 6.80. The van der Waals surface area contributed by atoms with Crippen molar-refractivity contribution in [2.24, 2.45) is 5.73 Å². The van der Waals surface area contributed by atoms with Crippen LogP contribution in [-0.2, 0) is 6.42 Å². The van der Waals surface area contributed by atoms with Gasteiger partial charge in [0.05, 0.1) is 19.8 Å². The fraction of sp³-hybridized carbons (Fsp3) is 0.294. The number of hydrogen-bond donors (Lipinski definition) is 1. The number of fused-ring (bicyclic) bond motifs is 1. The maximum absolute atomic E-state index is 6.51. The molecule has 0 fully saturated rings. The second-order valence-electron chi connectivity index (χ2n) is 5.11. The lowest BCUT2D eigenvalue weighted by atomic mass is 9.72. The van der Waals surface area contributed by atoms with Crippen molar-refractivity contribution in [2.75, 3.05) is 14.2 Å². The molecule has 20 heavy (non-hydrogen) atoms. The average molecular weight is 269 g/mol. The molecular formula is C17H19NO2. The van der Waals surface area contributed by atoms with Crippen molar-refractivity contribution in [1.29, 1.82) is 0 Å². The lowest BCUT2D eigenvalue weighted by molar-refractivity contribution is 0.368. The number of rotatable bonds is 4. The molecule has 0 saturated heterocycles. The van der Waals surface area contributed by atoms with Crippen LogP contribution in [-0.4, -0.2) is 14.2 Å². The zero-order chi connectivity index (χ0) is 14.1. The molecule has 3 nitrogen and oxygen atoms in total. The van der Waals surface area contributed by atoms with Gasteiger partial charge in [-0.3, -0.25) is 0 Å². The SMILES string of the molecule is COc1cccc(OC)c1C(N)C1Cc2ccccc21. The van der Waals surface area contributed by atoms with Crippen LogP contribution in [0.4, 0.5) is 0 Å². The standard InChI is InChI=1S/C17H19NO2/c1-19-14-8-5-9-15(20-2)16(14)17(18)13-10-11-6-3-4-7-12(11)13/h3-9,13,17H,10,18H2,1-2H3. The molecule has 3 heteroatoms. The average Bonchev–Trinajstić information content (AvgIpc) is 2.47. The molecule has 0 bridgehead atoms. The van der Waals surface area contributed by atoms with Gasteiger partial charge in [0.15, 0.2) is 0 Å². The summed E-state index contributed by atoms with van der Waals surface area (Å²) < 4.78 is 10.9. The molecule has 2 N–H and O–H groups in total. The lowest BCUT2D eigenvalue weighted by Gasteiger charge is -2.35. The fourth-order valence-corrected chi connectivity index (χ4v) is 3.03. The van der Waals surface area contributed by atoms with Gasteiger partial charge in [-0.15, -0.1) is 0 Å². The highest BCUT2D eigenvalue weighted by molar-refractivity contribution is 5.51. The first-order chi connectivity index (χ1) is 9.76. The highest BCUT2D eigenvalue weighted by atomic mass is 16.5. The monoisotopic (exact) mass is 269 g/mol. The quantitative estimate of drug-likeness (QED) is 0.927. The Morgan fingerprint density at radius 1 is 1.00 bits per heavy atom. The zero-order valence-electron chi connectivity index (χ0n) is 11.8. The first-order valence-electron chi connectivity index (χ1n) is 6.80. The van der Waals surface area contributed by atoms with E-state index in [0.29, 0.717) is 5.92 Å². The van der Waals surface area contributed by atoms with Crippen LogP contribution in [0.15, 0.2) is 42.5 Å². The molecule has 3 rings (SSSR count). The number of methoxy groups -OCH3 is 2. The topological polar surface area (TPSA) is 44.5 Å². The van der Waals surface area contributed by atoms with Crippen molar-refractivity contribution < 1.29 is 9.47 Å². The summed E-state index contributed by atoms with van der Waals surface area (Å²) in [7, 11) is 3.33. The van der Waals surface area contributed by atoms with Gasteiger partial charge in [-0.05, 0) is 29.7 Å². The van der Waals surface area contributed by atoms with E-state index in [4.69, 9.17) is 15.2 Å². The summed E-state index contributed by atoms with van der Waals surface area (Å²) >= 11 is 0. The molecule has 0 aromatic heterocycles. The molecule has 2 atom stereocenters. The molecule has 0 radical (unpaired) electrons. The maximum Gasteiger partial charge on any atom is 0.127 e. The summed E-state index contributed by atoms with van der Waals surface area (Å²) in [5.41, 5.74) is 10.2. The summed E-state index contributed by atoms with van der Waals surface area (Å²) in [6.45, 7) is 0. The van der Waals surface area contributed by atoms with Gasteiger partial charge in [-0.2, -0.15) is 0 Å². The molecule has 0 amide bonds. The van der Waals surface area contributed by atoms with Crippen LogP contribution in [0.2, 0.25) is 0 Å². The number of hydrogen-bond acceptors (Lipinski definition) is 3. The molecule has 0 spiro atoms. The van der Waals surface area contributed by atoms with Crippen LogP contribution in [0.1, 0.15) is 28.7 Å². The van der Waals surface area contributed by atoms with E-state index in [0.717, 1.165) is 23.5 Å². The van der Waals surface area contributed by atoms with Crippen molar-refractivity contribution in [3.63, 3.8) is 0 Å². The van der Waals surface area contributed by atoms with Crippen LogP contribution in [0.3, 0.4) is 0 Å². The Labute approximate surface area is 119 Å². The molecule has 104 valence electrons. The fourth-order valence-electron chi connectivity index (χ4n) is 3.03. The Hall–Kier alpha value is -2.00. The highest BCUT2D eigenvalue weighted by Crippen LogP contribution is 2.46. The van der Waals surface area contributed by atoms with Gasteiger partial charge in [0, 0.05) is 12.0 Å². The van der Waals surface area contributed by atoms with Crippen molar-refractivity contribution in [3.8, 4) is 11.5 Å². The minimum atomic E-state index is -0.115. The number of ether oxygens (including phenoxy) is 2. The summed E-state index contributed by atoms with van der Waals surface area (Å²) in [4.78, 5) is 0. The van der Waals surface area contributed by atoms with Crippen LogP contribution in [0.25, 0.3) is 0 Å². The Balaban J connectivity index is 1.98. The maximum atomic E-state index is 6.51. The van der Waals surface area contributed by atoms with Crippen LogP contribution >= 0.6 is 0 Å². The Bertz CT molecular complexity index is 602. The minimum absolute atomic E-state index is 0.115. The predicted octanol–water partition coefficient (Wildman–Crippen LogP) is 3.04. The lowest BCUT2D eigenvalue weighted by Crippen LogP contribution is -2.29. The minimum Gasteiger partial charge on any atom is -0.496 e. The Morgan fingerprint density at radius 3 is 2.25 bits per heavy atom. The largest absolute Gasteiger partial charge is 0.496 e. The van der Waals surface area contributed by atoms with E-state index in [9.17, 15) is 0 Å². The second-order valence-corrected chi connectivity index (χ2v) is 5.11. The molecule has 2 aromatic carbocycles. The van der Waals surface area contributed by atoms with E-state index >= 15 is 0 Å². The summed E-state index contributed by atoms with van der Waals surface area (Å²) in [6.07, 6.45) is 1.01. The van der Waals surface area contributed by atoms with Gasteiger partial charge < -0.3 is 15.2 Å². The predicted molar refractivity (Wildman–Crippen MR) is 79.4 cm³/mol. The van der Waals surface area contributed by atoms with Gasteiger partial charge in [0.1, 0.15) is 11.5 Å². The van der Waals surface area contributed by atoms with Gasteiger partial charge in [-0.25, -0.2) is 0 Å². The molecule has 0 aliphatic heterocycles. The van der Waals surface area contributed by atoms with Crippen LogP contribution in [0, 0.1) is 0 Å². The van der Waals surface area contributed by atoms with Crippen molar-refractivity contribution >= 4 is 0 Å². The van der Waals surface area contributed by atoms with E-state index < -0.39 is 0 Å². The Kier molecular flexibility index (Phi) is 3.36. The third kappa shape index (κ3) is 1.95. The summed E-state index contributed by atoms with van der Waals surface area (Å²) in [5, 5.41) is 0. The van der Waals surface area contributed by atoms with Gasteiger partial charge in [0.2, 0.25) is 0 Å². The van der Waals surface area contributed by atoms with Crippen molar-refractivity contribution in [1.82, 2.24) is 0 Å². The van der Waals surface area contributed by atoms with Crippen molar-refractivity contribution in [3.05, 3.63) is 59.2 Å². The normalized spacial score (nSPS) is 17.9. The van der Waals surface area contributed by atoms with Gasteiger partial charge >= 0.3 is 0 Å². The molecule has 0 heterocycles. The number of benzene rings is 2. The molecular weight excluding hydrogens is 250 g/mol. The Morgan fingerprint density at radius 2 is 1.65 bits per heavy atom. The third-order valence-electron chi connectivity index (χ3n) is 4.13. The second kappa shape index (κ2) is 5.17. The highest BCUT2D eigenvalue weighted by Gasteiger charge is 2.34. The molecule has 1 aliphatic carbocycles. The van der Waals surface area contributed by atoms with Gasteiger partial charge in [-0.1, -0.05) is 30.3 Å². The summed E-state index contributed by atoms with van der Waals surface area (Å²) in [6, 6.07) is 14.1. The van der Waals surface area contributed by atoms with Crippen LogP contribution in [0.5, 0.6) is 11.5 Å². The summed E-state index contributed by atoms with van der Waals surface area (Å²) in [5.74, 6) is 1.92. The number of nitrogens with two attached hydrogens (primary N) is 1. The van der Waals surface area contributed by atoms with Crippen LogP contribution < -0.4 is 15.2 Å². The molecule has 0 saturated carbocycles. The zero-order valence-corrected chi connectivity index (χ0v) is 11.8. The molecule has 2 unspecified atom stereocenters. The van der Waals surface area contributed by atoms with Gasteiger partial charge in [0.25, 0.3) is 0 Å². The van der Waals surface area contributed by atoms with E-state index in [1.54, 1.807) is 14.2 Å². The van der Waals surface area contributed by atoms with E-state index in [1.165, 1.54) is 11.1 Å². The molecule has 1 aliphatic rings. The molecule has 2 aromatic rings. The van der Waals surface area contributed by atoms with E-state index in [2.05, 4.69) is 24.3 Å². The van der Waals surface area contributed by atoms with E-state index in [-0.39, 0.29) is 6.04 Å². The first kappa shape index (κ1) is 13.0. The van der Waals surface area contributed by atoms with Crippen molar-refractivity contribution in [2.45, 2.75) is 18.4 Å². The smallest absolute Gasteiger partial charge is 0.127 e. The van der Waals surface area contributed by atoms with E-state index in [1.807, 2.05) is 18.2 Å². The third-order valence-corrected chi connectivity index (χ3v) is 4.13.